The quantitative estimate of drug-likeness (QED) is 0.510. The van der Waals surface area contributed by atoms with Crippen molar-refractivity contribution in [3.63, 3.8) is 0 Å². The first-order valence-electron chi connectivity index (χ1n) is 7.65. The second-order valence-corrected chi connectivity index (χ2v) is 5.85. The van der Waals surface area contributed by atoms with E-state index in [1.165, 1.54) is 6.33 Å². The summed E-state index contributed by atoms with van der Waals surface area (Å²) in [4.78, 5) is 24.5. The molecule has 5 N–H and O–H groups in total. The number of aryl methyl sites for hydroxylation is 1. The Morgan fingerprint density at radius 2 is 1.77 bits per heavy atom. The van der Waals surface area contributed by atoms with Crippen LogP contribution in [0.25, 0.3) is 0 Å². The van der Waals surface area contributed by atoms with Crippen molar-refractivity contribution in [1.82, 2.24) is 20.4 Å². The van der Waals surface area contributed by atoms with E-state index in [4.69, 9.17) is 17.3 Å². The zero-order valence-electron chi connectivity index (χ0n) is 13.8. The number of nitrogens with zero attached hydrogens (tertiary/aromatic N) is 3. The molecule has 1 amide bonds. The van der Waals surface area contributed by atoms with Gasteiger partial charge in [-0.25, -0.2) is 15.0 Å². The van der Waals surface area contributed by atoms with Crippen molar-refractivity contribution in [1.29, 1.82) is 0 Å². The van der Waals surface area contributed by atoms with Crippen LogP contribution in [0.4, 0.5) is 23.1 Å². The molecule has 0 aliphatic rings. The highest BCUT2D eigenvalue weighted by atomic mass is 35.5. The van der Waals surface area contributed by atoms with Crippen molar-refractivity contribution in [3.8, 4) is 0 Å². The van der Waals surface area contributed by atoms with Gasteiger partial charge in [-0.2, -0.15) is 0 Å². The summed E-state index contributed by atoms with van der Waals surface area (Å²) in [7, 11) is 0. The maximum atomic E-state index is 12.1. The van der Waals surface area contributed by atoms with E-state index < -0.39 is 0 Å². The molecule has 8 nitrogen and oxygen atoms in total. The van der Waals surface area contributed by atoms with E-state index in [1.807, 2.05) is 19.1 Å². The molecule has 0 saturated carbocycles. The van der Waals surface area contributed by atoms with Crippen molar-refractivity contribution in [3.05, 3.63) is 65.1 Å². The van der Waals surface area contributed by atoms with Crippen LogP contribution in [0.2, 0.25) is 5.02 Å². The number of carbonyl (C=O) groups is 1. The Balaban J connectivity index is 1.69. The van der Waals surface area contributed by atoms with E-state index in [2.05, 4.69) is 31.1 Å². The number of benzene rings is 1. The average molecular weight is 370 g/mol. The van der Waals surface area contributed by atoms with E-state index in [0.717, 1.165) is 5.56 Å². The fourth-order valence-electron chi connectivity index (χ4n) is 2.05. The number of hydrazine groups is 1. The normalized spacial score (nSPS) is 10.2. The molecular formula is C17H16ClN7O. The number of nitrogens with two attached hydrogens (primary N) is 1. The molecule has 0 fully saturated rings. The predicted octanol–water partition coefficient (Wildman–Crippen LogP) is 2.92. The molecule has 0 spiro atoms. The molecule has 3 aromatic rings. The second-order valence-electron chi connectivity index (χ2n) is 5.42. The molecule has 0 unspecified atom stereocenters. The molecule has 132 valence electrons. The third-order valence-corrected chi connectivity index (χ3v) is 3.69. The first kappa shape index (κ1) is 17.4. The number of hydrogen-bond acceptors (Lipinski definition) is 7. The lowest BCUT2D eigenvalue weighted by atomic mass is 10.2. The van der Waals surface area contributed by atoms with Crippen molar-refractivity contribution >= 4 is 40.6 Å². The van der Waals surface area contributed by atoms with Crippen LogP contribution in [0.15, 0.2) is 48.9 Å². The molecule has 2 heterocycles. The molecule has 0 bridgehead atoms. The highest BCUT2D eigenvalue weighted by Crippen LogP contribution is 2.24. The van der Waals surface area contributed by atoms with Gasteiger partial charge in [-0.05, 0) is 42.8 Å². The Morgan fingerprint density at radius 3 is 2.46 bits per heavy atom. The highest BCUT2D eigenvalue weighted by Gasteiger charge is 2.11. The zero-order valence-corrected chi connectivity index (χ0v) is 14.6. The third kappa shape index (κ3) is 4.17. The first-order chi connectivity index (χ1) is 12.5. The summed E-state index contributed by atoms with van der Waals surface area (Å²) in [5, 5.41) is 3.56. The number of aromatic nitrogens is 3. The van der Waals surface area contributed by atoms with Gasteiger partial charge in [0.15, 0.2) is 11.6 Å². The number of carbonyl (C=O) groups excluding carboxylic acids is 1. The van der Waals surface area contributed by atoms with Crippen LogP contribution in [0, 0.1) is 6.92 Å². The van der Waals surface area contributed by atoms with Gasteiger partial charge in [0.1, 0.15) is 17.8 Å². The Hall–Kier alpha value is -3.39. The van der Waals surface area contributed by atoms with Gasteiger partial charge in [-0.3, -0.25) is 15.6 Å². The highest BCUT2D eigenvalue weighted by molar-refractivity contribution is 6.30. The van der Waals surface area contributed by atoms with Crippen molar-refractivity contribution < 1.29 is 4.79 Å². The molecule has 2 aromatic heterocycles. The molecule has 9 heteroatoms. The number of rotatable bonds is 5. The molecule has 0 radical (unpaired) electrons. The molecule has 3 rings (SSSR count). The minimum atomic E-state index is -0.352. The molecule has 0 aliphatic carbocycles. The summed E-state index contributed by atoms with van der Waals surface area (Å²) in [5.74, 6) is 0.878. The van der Waals surface area contributed by atoms with Crippen LogP contribution in [0.5, 0.6) is 0 Å². The van der Waals surface area contributed by atoms with Crippen molar-refractivity contribution in [2.45, 2.75) is 6.92 Å². The molecule has 0 saturated heterocycles. The van der Waals surface area contributed by atoms with Crippen LogP contribution in [0.1, 0.15) is 15.9 Å². The van der Waals surface area contributed by atoms with Gasteiger partial charge < -0.3 is 11.1 Å². The lowest BCUT2D eigenvalue weighted by Crippen LogP contribution is -2.30. The number of nitrogen functional groups attached to an aromatic ring is 1. The average Bonchev–Trinajstić information content (AvgIpc) is 2.64. The van der Waals surface area contributed by atoms with Crippen LogP contribution in [-0.2, 0) is 0 Å². The Labute approximate surface area is 154 Å². The Morgan fingerprint density at radius 1 is 1.04 bits per heavy atom. The van der Waals surface area contributed by atoms with Crippen molar-refractivity contribution in [2.24, 2.45) is 0 Å². The maximum Gasteiger partial charge on any atom is 0.269 e. The summed E-state index contributed by atoms with van der Waals surface area (Å²) in [6.07, 6.45) is 3.05. The monoisotopic (exact) mass is 369 g/mol. The van der Waals surface area contributed by atoms with E-state index in [1.54, 1.807) is 30.5 Å². The SMILES string of the molecule is Cc1ccc(Nc2ncnc(NNC(=O)c3ccc(Cl)cc3)c2N)nc1. The van der Waals surface area contributed by atoms with E-state index >= 15 is 0 Å². The van der Waals surface area contributed by atoms with Gasteiger partial charge >= 0.3 is 0 Å². The second kappa shape index (κ2) is 7.66. The van der Waals surface area contributed by atoms with Crippen LogP contribution in [-0.4, -0.2) is 20.9 Å². The van der Waals surface area contributed by atoms with Gasteiger partial charge in [0.2, 0.25) is 0 Å². The zero-order chi connectivity index (χ0) is 18.5. The van der Waals surface area contributed by atoms with Gasteiger partial charge in [0, 0.05) is 16.8 Å². The predicted molar refractivity (Wildman–Crippen MR) is 101 cm³/mol. The number of nitrogens with one attached hydrogen (secondary N) is 3. The number of hydrogen-bond donors (Lipinski definition) is 4. The summed E-state index contributed by atoms with van der Waals surface area (Å²) >= 11 is 5.81. The van der Waals surface area contributed by atoms with Crippen molar-refractivity contribution in [2.75, 3.05) is 16.5 Å². The summed E-state index contributed by atoms with van der Waals surface area (Å²) in [6, 6.07) is 10.2. The number of amides is 1. The lowest BCUT2D eigenvalue weighted by Gasteiger charge is -2.13. The fraction of sp³-hybridized carbons (Fsp3) is 0.0588. The molecule has 26 heavy (non-hydrogen) atoms. The van der Waals surface area contributed by atoms with Gasteiger partial charge in [-0.15, -0.1) is 0 Å². The summed E-state index contributed by atoms with van der Waals surface area (Å²) in [5.41, 5.74) is 13.0. The minimum Gasteiger partial charge on any atom is -0.393 e. The standard InChI is InChI=1S/C17H16ClN7O/c1-10-2-7-13(20-8-10)23-15-14(19)16(22-9-21-15)24-25-17(26)11-3-5-12(18)6-4-11/h2-9H,19H2,1H3,(H,25,26)(H2,20,21,22,23,24). The number of halogens is 1. The largest absolute Gasteiger partial charge is 0.393 e. The lowest BCUT2D eigenvalue weighted by molar-refractivity contribution is 0.0962. The van der Waals surface area contributed by atoms with Gasteiger partial charge in [0.25, 0.3) is 5.91 Å². The number of pyridine rings is 1. The van der Waals surface area contributed by atoms with Crippen LogP contribution in [0.3, 0.4) is 0 Å². The minimum absolute atomic E-state index is 0.242. The van der Waals surface area contributed by atoms with E-state index in [9.17, 15) is 4.79 Å². The molecule has 0 atom stereocenters. The Kier molecular flexibility index (Phi) is 5.14. The first-order valence-corrected chi connectivity index (χ1v) is 8.03. The van der Waals surface area contributed by atoms with Crippen LogP contribution >= 0.6 is 11.6 Å². The molecule has 1 aromatic carbocycles. The topological polar surface area (TPSA) is 118 Å². The third-order valence-electron chi connectivity index (χ3n) is 3.44. The number of anilines is 4. The van der Waals surface area contributed by atoms with E-state index in [-0.39, 0.29) is 17.4 Å². The molecule has 0 aliphatic heterocycles. The summed E-state index contributed by atoms with van der Waals surface area (Å²) < 4.78 is 0. The summed E-state index contributed by atoms with van der Waals surface area (Å²) in [6.45, 7) is 1.95. The van der Waals surface area contributed by atoms with Gasteiger partial charge in [-0.1, -0.05) is 17.7 Å². The van der Waals surface area contributed by atoms with E-state index in [0.29, 0.717) is 22.2 Å². The smallest absolute Gasteiger partial charge is 0.269 e. The maximum absolute atomic E-state index is 12.1. The molecular weight excluding hydrogens is 354 g/mol. The van der Waals surface area contributed by atoms with Gasteiger partial charge in [0.05, 0.1) is 0 Å². The Bertz CT molecular complexity index is 913. The fourth-order valence-corrected chi connectivity index (χ4v) is 2.17. The van der Waals surface area contributed by atoms with Crippen LogP contribution < -0.4 is 21.9 Å².